The van der Waals surface area contributed by atoms with E-state index in [1.54, 1.807) is 61.7 Å². The summed E-state index contributed by atoms with van der Waals surface area (Å²) in [6, 6.07) is 15.8. The third kappa shape index (κ3) is 4.90. The predicted molar refractivity (Wildman–Crippen MR) is 122 cm³/mol. The summed E-state index contributed by atoms with van der Waals surface area (Å²) in [6.45, 7) is 1.82. The van der Waals surface area contributed by atoms with E-state index in [-0.39, 0.29) is 18.4 Å². The minimum atomic E-state index is -0.626. The maximum Gasteiger partial charge on any atom is 0.247 e. The maximum atomic E-state index is 13.6. The summed E-state index contributed by atoms with van der Waals surface area (Å²) >= 11 is 1.28. The molecule has 1 aliphatic heterocycles. The Hall–Kier alpha value is -3.43. The average molecular weight is 453 g/mol. The molecule has 4 rings (SSSR count). The van der Waals surface area contributed by atoms with Gasteiger partial charge in [-0.3, -0.25) is 14.5 Å². The van der Waals surface area contributed by atoms with Crippen molar-refractivity contribution in [2.45, 2.75) is 24.8 Å². The summed E-state index contributed by atoms with van der Waals surface area (Å²) in [6.07, 6.45) is 1.54. The van der Waals surface area contributed by atoms with E-state index in [0.717, 1.165) is 5.56 Å². The Kier molecular flexibility index (Phi) is 6.38. The van der Waals surface area contributed by atoms with Gasteiger partial charge in [0.2, 0.25) is 11.8 Å². The first-order chi connectivity index (χ1) is 15.4. The van der Waals surface area contributed by atoms with Crippen molar-refractivity contribution < 1.29 is 18.4 Å². The number of aliphatic imine (C=N–C) groups is 1. The van der Waals surface area contributed by atoms with E-state index in [0.29, 0.717) is 22.3 Å². The summed E-state index contributed by atoms with van der Waals surface area (Å²) in [7, 11) is 0. The highest BCUT2D eigenvalue weighted by Crippen LogP contribution is 2.41. The van der Waals surface area contributed by atoms with Gasteiger partial charge in [-0.2, -0.15) is 0 Å². The van der Waals surface area contributed by atoms with Crippen LogP contribution in [0.5, 0.6) is 0 Å². The second-order valence-electron chi connectivity index (χ2n) is 7.28. The number of nitrogens with one attached hydrogen (secondary N) is 1. The van der Waals surface area contributed by atoms with Crippen LogP contribution in [-0.4, -0.2) is 27.9 Å². The van der Waals surface area contributed by atoms with Crippen molar-refractivity contribution in [1.29, 1.82) is 0 Å². The number of halogens is 1. The minimum absolute atomic E-state index is 0.158. The number of hydrogen-bond acceptors (Lipinski definition) is 6. The fourth-order valence-corrected chi connectivity index (χ4v) is 4.28. The van der Waals surface area contributed by atoms with Crippen LogP contribution in [0.15, 0.2) is 76.3 Å². The predicted octanol–water partition coefficient (Wildman–Crippen LogP) is 4.21. The van der Waals surface area contributed by atoms with Crippen LogP contribution in [0.25, 0.3) is 0 Å². The van der Waals surface area contributed by atoms with Crippen LogP contribution in [0, 0.1) is 5.82 Å². The number of amidine groups is 1. The SMILES string of the molecule is C[C@H](N)C(=O)Nc1ccc(C2S/C(=N\c3cccc(F)c3)N(Cc3ccco3)C2=O)cc1. The Labute approximate surface area is 188 Å². The topological polar surface area (TPSA) is 101 Å². The summed E-state index contributed by atoms with van der Waals surface area (Å²) in [5.41, 5.74) is 7.34. The lowest BCUT2D eigenvalue weighted by molar-refractivity contribution is -0.126. The van der Waals surface area contributed by atoms with Crippen LogP contribution < -0.4 is 11.1 Å². The van der Waals surface area contributed by atoms with Crippen molar-refractivity contribution in [3.63, 3.8) is 0 Å². The van der Waals surface area contributed by atoms with Crippen LogP contribution >= 0.6 is 11.8 Å². The second kappa shape index (κ2) is 9.37. The molecule has 3 aromatic rings. The molecular weight excluding hydrogens is 431 g/mol. The van der Waals surface area contributed by atoms with Crippen molar-refractivity contribution in [3.8, 4) is 0 Å². The van der Waals surface area contributed by atoms with Gasteiger partial charge in [0, 0.05) is 5.69 Å². The standard InChI is InChI=1S/C23H21FN4O3S/c1-14(25)21(29)26-17-9-7-15(8-10-17)20-22(30)28(13-19-6-3-11-31-19)23(32-20)27-18-5-2-4-16(24)12-18/h2-12,14,20H,13,25H2,1H3,(H,26,29)/b27-23-/t14-,20?/m0/s1. The number of furan rings is 1. The molecule has 1 aliphatic rings. The van der Waals surface area contributed by atoms with Gasteiger partial charge in [-0.25, -0.2) is 9.38 Å². The van der Waals surface area contributed by atoms with E-state index in [2.05, 4.69) is 10.3 Å². The van der Waals surface area contributed by atoms with Crippen LogP contribution in [0.3, 0.4) is 0 Å². The fraction of sp³-hybridized carbons (Fsp3) is 0.174. The van der Waals surface area contributed by atoms with Gasteiger partial charge in [-0.05, 0) is 55.0 Å². The molecule has 2 heterocycles. The first-order valence-corrected chi connectivity index (χ1v) is 10.8. The molecule has 1 unspecified atom stereocenters. The highest BCUT2D eigenvalue weighted by molar-refractivity contribution is 8.15. The molecule has 9 heteroatoms. The van der Waals surface area contributed by atoms with E-state index in [4.69, 9.17) is 10.2 Å². The molecule has 2 aromatic carbocycles. The average Bonchev–Trinajstić information content (AvgIpc) is 3.38. The highest BCUT2D eigenvalue weighted by Gasteiger charge is 2.39. The number of carbonyl (C=O) groups is 2. The number of anilines is 1. The number of benzene rings is 2. The third-order valence-electron chi connectivity index (χ3n) is 4.77. The zero-order valence-electron chi connectivity index (χ0n) is 17.2. The van der Waals surface area contributed by atoms with Crippen LogP contribution in [-0.2, 0) is 16.1 Å². The van der Waals surface area contributed by atoms with Crippen molar-refractivity contribution in [2.75, 3.05) is 5.32 Å². The highest BCUT2D eigenvalue weighted by atomic mass is 32.2. The Bertz CT molecular complexity index is 1150. The molecule has 7 nitrogen and oxygen atoms in total. The minimum Gasteiger partial charge on any atom is -0.467 e. The van der Waals surface area contributed by atoms with Gasteiger partial charge >= 0.3 is 0 Å². The van der Waals surface area contributed by atoms with Gasteiger partial charge in [-0.1, -0.05) is 30.0 Å². The normalized spacial score (nSPS) is 18.2. The Balaban J connectivity index is 1.60. The molecule has 164 valence electrons. The zero-order chi connectivity index (χ0) is 22.7. The van der Waals surface area contributed by atoms with Crippen molar-refractivity contribution in [3.05, 3.63) is 84.1 Å². The number of hydrogen-bond donors (Lipinski definition) is 2. The van der Waals surface area contributed by atoms with Gasteiger partial charge in [-0.15, -0.1) is 0 Å². The maximum absolute atomic E-state index is 13.6. The van der Waals surface area contributed by atoms with E-state index in [9.17, 15) is 14.0 Å². The smallest absolute Gasteiger partial charge is 0.247 e. The lowest BCUT2D eigenvalue weighted by Crippen LogP contribution is -2.32. The molecule has 1 saturated heterocycles. The van der Waals surface area contributed by atoms with Gasteiger partial charge in [0.25, 0.3) is 0 Å². The van der Waals surface area contributed by atoms with Gasteiger partial charge in [0.15, 0.2) is 5.17 Å². The van der Waals surface area contributed by atoms with E-state index in [1.807, 2.05) is 0 Å². The van der Waals surface area contributed by atoms with Gasteiger partial charge in [0.1, 0.15) is 16.8 Å². The third-order valence-corrected chi connectivity index (χ3v) is 6.00. The number of rotatable bonds is 6. The van der Waals surface area contributed by atoms with Crippen LogP contribution in [0.2, 0.25) is 0 Å². The largest absolute Gasteiger partial charge is 0.467 e. The lowest BCUT2D eigenvalue weighted by atomic mass is 10.1. The molecule has 0 bridgehead atoms. The molecule has 2 atom stereocenters. The lowest BCUT2D eigenvalue weighted by Gasteiger charge is -2.15. The summed E-state index contributed by atoms with van der Waals surface area (Å²) in [5.74, 6) is -0.243. The monoisotopic (exact) mass is 452 g/mol. The molecule has 1 aromatic heterocycles. The Morgan fingerprint density at radius 3 is 2.69 bits per heavy atom. The summed E-state index contributed by atoms with van der Waals surface area (Å²) in [4.78, 5) is 31.1. The van der Waals surface area contributed by atoms with Crippen LogP contribution in [0.4, 0.5) is 15.8 Å². The van der Waals surface area contributed by atoms with E-state index < -0.39 is 17.1 Å². The molecule has 0 aliphatic carbocycles. The number of amides is 2. The van der Waals surface area contributed by atoms with Gasteiger partial charge in [0.05, 0.1) is 24.5 Å². The molecule has 1 fully saturated rings. The summed E-state index contributed by atoms with van der Waals surface area (Å²) in [5, 5.41) is 2.64. The second-order valence-corrected chi connectivity index (χ2v) is 8.35. The molecular formula is C23H21FN4O3S. The van der Waals surface area contributed by atoms with Gasteiger partial charge < -0.3 is 15.5 Å². The molecule has 0 spiro atoms. The Morgan fingerprint density at radius 1 is 1.25 bits per heavy atom. The molecule has 0 radical (unpaired) electrons. The van der Waals surface area contributed by atoms with Crippen LogP contribution in [0.1, 0.15) is 23.5 Å². The van der Waals surface area contributed by atoms with Crippen molar-refractivity contribution >= 4 is 40.1 Å². The van der Waals surface area contributed by atoms with E-state index >= 15 is 0 Å². The zero-order valence-corrected chi connectivity index (χ0v) is 18.0. The fourth-order valence-electron chi connectivity index (χ4n) is 3.11. The quantitative estimate of drug-likeness (QED) is 0.584. The molecule has 32 heavy (non-hydrogen) atoms. The molecule has 2 amide bonds. The van der Waals surface area contributed by atoms with E-state index in [1.165, 1.54) is 28.8 Å². The first kappa shape index (κ1) is 21.8. The number of carbonyl (C=O) groups excluding carboxylic acids is 2. The van der Waals surface area contributed by atoms with Crippen molar-refractivity contribution in [1.82, 2.24) is 4.90 Å². The van der Waals surface area contributed by atoms with Crippen molar-refractivity contribution in [2.24, 2.45) is 10.7 Å². The first-order valence-electron chi connectivity index (χ1n) is 9.92. The number of nitrogens with zero attached hydrogens (tertiary/aromatic N) is 2. The Morgan fingerprint density at radius 2 is 2.03 bits per heavy atom. The summed E-state index contributed by atoms with van der Waals surface area (Å²) < 4.78 is 19.0. The number of thioether (sulfide) groups is 1. The molecule has 0 saturated carbocycles. The number of nitrogens with two attached hydrogens (primary N) is 1. The molecule has 3 N–H and O–H groups in total.